The van der Waals surface area contributed by atoms with E-state index in [0.29, 0.717) is 30.8 Å². The monoisotopic (exact) mass is 397 g/mol. The van der Waals surface area contributed by atoms with Crippen molar-refractivity contribution in [1.82, 2.24) is 5.32 Å². The van der Waals surface area contributed by atoms with Gasteiger partial charge in [-0.05, 0) is 50.2 Å². The number of amides is 1. The number of aryl methyl sites for hydroxylation is 1. The quantitative estimate of drug-likeness (QED) is 0.701. The van der Waals surface area contributed by atoms with E-state index in [2.05, 4.69) is 5.32 Å². The van der Waals surface area contributed by atoms with Crippen LogP contribution in [0, 0.1) is 6.92 Å². The first-order valence-corrected chi connectivity index (χ1v) is 9.44. The van der Waals surface area contributed by atoms with E-state index in [1.807, 2.05) is 19.1 Å². The summed E-state index contributed by atoms with van der Waals surface area (Å²) in [5.74, 6) is -0.316. The minimum atomic E-state index is -3.75. The number of hydrogen-bond donors (Lipinski definition) is 2. The zero-order valence-corrected chi connectivity index (χ0v) is 16.4. The summed E-state index contributed by atoms with van der Waals surface area (Å²) in [5, 5.41) is 2.72. The number of benzene rings is 2. The Hall–Kier alpha value is -2.09. The van der Waals surface area contributed by atoms with Gasteiger partial charge in [-0.3, -0.25) is 9.10 Å². The number of nitrogens with zero attached hydrogens (tertiary/aromatic N) is 1. The van der Waals surface area contributed by atoms with Gasteiger partial charge in [-0.2, -0.15) is 0 Å². The highest BCUT2D eigenvalue weighted by molar-refractivity contribution is 7.92. The number of carbonyl (C=O) groups excluding carboxylic acids is 1. The normalized spacial score (nSPS) is 10.7. The van der Waals surface area contributed by atoms with Crippen LogP contribution in [-0.2, 0) is 10.0 Å². The number of hydrogen-bond acceptors (Lipinski definition) is 4. The molecule has 26 heavy (non-hydrogen) atoms. The van der Waals surface area contributed by atoms with Crippen LogP contribution in [0.2, 0.25) is 0 Å². The summed E-state index contributed by atoms with van der Waals surface area (Å²) in [6, 6.07) is 13.2. The molecule has 0 bridgehead atoms. The van der Waals surface area contributed by atoms with Crippen molar-refractivity contribution in [3.8, 4) is 0 Å². The first-order chi connectivity index (χ1) is 11.9. The molecule has 0 saturated carbocycles. The number of anilines is 1. The van der Waals surface area contributed by atoms with Crippen molar-refractivity contribution >= 4 is 34.0 Å². The molecule has 3 N–H and O–H groups in total. The average molecular weight is 398 g/mol. The summed E-state index contributed by atoms with van der Waals surface area (Å²) in [4.78, 5) is 12.2. The Morgan fingerprint density at radius 1 is 1.15 bits per heavy atom. The van der Waals surface area contributed by atoms with Crippen LogP contribution in [0.25, 0.3) is 0 Å². The van der Waals surface area contributed by atoms with E-state index < -0.39 is 10.0 Å². The predicted octanol–water partition coefficient (Wildman–Crippen LogP) is 2.32. The van der Waals surface area contributed by atoms with E-state index in [1.54, 1.807) is 24.3 Å². The Balaban J connectivity index is 0.00000338. The lowest BCUT2D eigenvalue weighted by atomic mass is 10.2. The lowest BCUT2D eigenvalue weighted by Gasteiger charge is -2.20. The Morgan fingerprint density at radius 2 is 1.81 bits per heavy atom. The molecule has 0 saturated heterocycles. The molecule has 0 heterocycles. The van der Waals surface area contributed by atoms with Gasteiger partial charge in [0, 0.05) is 19.2 Å². The first-order valence-electron chi connectivity index (χ1n) is 8.00. The number of nitrogens with two attached hydrogens (primary N) is 1. The van der Waals surface area contributed by atoms with Crippen LogP contribution in [0.15, 0.2) is 53.4 Å². The lowest BCUT2D eigenvalue weighted by molar-refractivity contribution is 0.0953. The van der Waals surface area contributed by atoms with Crippen molar-refractivity contribution in [3.05, 3.63) is 59.7 Å². The fourth-order valence-corrected chi connectivity index (χ4v) is 3.50. The number of rotatable bonds is 7. The molecule has 142 valence electrons. The lowest BCUT2D eigenvalue weighted by Crippen LogP contribution is -2.28. The molecule has 0 aromatic heterocycles. The molecule has 0 unspecified atom stereocenters. The summed E-state index contributed by atoms with van der Waals surface area (Å²) in [6.07, 6.45) is 0.667. The van der Waals surface area contributed by atoms with Crippen LogP contribution in [0.3, 0.4) is 0 Å². The van der Waals surface area contributed by atoms with Gasteiger partial charge in [0.15, 0.2) is 0 Å². The Labute approximate surface area is 160 Å². The highest BCUT2D eigenvalue weighted by atomic mass is 35.5. The van der Waals surface area contributed by atoms with Crippen molar-refractivity contribution in [2.24, 2.45) is 5.73 Å². The van der Waals surface area contributed by atoms with Gasteiger partial charge in [-0.1, -0.05) is 23.8 Å². The second-order valence-electron chi connectivity index (χ2n) is 5.73. The number of carbonyl (C=O) groups is 1. The van der Waals surface area contributed by atoms with Crippen molar-refractivity contribution in [1.29, 1.82) is 0 Å². The highest BCUT2D eigenvalue weighted by Crippen LogP contribution is 2.23. The van der Waals surface area contributed by atoms with Crippen LogP contribution in [0.5, 0.6) is 0 Å². The van der Waals surface area contributed by atoms with Gasteiger partial charge in [0.25, 0.3) is 15.9 Å². The van der Waals surface area contributed by atoms with Crippen molar-refractivity contribution in [2.45, 2.75) is 18.2 Å². The van der Waals surface area contributed by atoms with E-state index in [-0.39, 0.29) is 23.2 Å². The molecule has 6 nitrogen and oxygen atoms in total. The molecule has 2 aromatic carbocycles. The van der Waals surface area contributed by atoms with Crippen molar-refractivity contribution in [2.75, 3.05) is 24.4 Å². The minimum Gasteiger partial charge on any atom is -0.352 e. The summed E-state index contributed by atoms with van der Waals surface area (Å²) in [5.41, 5.74) is 7.30. The Bertz CT molecular complexity index is 839. The Morgan fingerprint density at radius 3 is 2.42 bits per heavy atom. The van der Waals surface area contributed by atoms with Crippen LogP contribution >= 0.6 is 12.4 Å². The fourth-order valence-electron chi connectivity index (χ4n) is 2.26. The van der Waals surface area contributed by atoms with Crippen LogP contribution < -0.4 is 15.4 Å². The molecule has 0 spiro atoms. The molecule has 2 rings (SSSR count). The molecule has 1 amide bonds. The van der Waals surface area contributed by atoms with Gasteiger partial charge >= 0.3 is 0 Å². The predicted molar refractivity (Wildman–Crippen MR) is 106 cm³/mol. The largest absolute Gasteiger partial charge is 0.352 e. The van der Waals surface area contributed by atoms with E-state index in [4.69, 9.17) is 5.73 Å². The van der Waals surface area contributed by atoms with Gasteiger partial charge in [-0.25, -0.2) is 8.42 Å². The van der Waals surface area contributed by atoms with E-state index in [1.165, 1.54) is 23.5 Å². The molecule has 0 radical (unpaired) electrons. The molecule has 8 heteroatoms. The average Bonchev–Trinajstić information content (AvgIpc) is 2.62. The van der Waals surface area contributed by atoms with Gasteiger partial charge in [0.05, 0.1) is 10.6 Å². The van der Waals surface area contributed by atoms with E-state index in [0.717, 1.165) is 5.56 Å². The molecular formula is C18H24ClN3O3S. The number of nitrogens with one attached hydrogen (secondary N) is 1. The van der Waals surface area contributed by atoms with E-state index >= 15 is 0 Å². The Kier molecular flexibility index (Phi) is 8.08. The summed E-state index contributed by atoms with van der Waals surface area (Å²) >= 11 is 0. The molecule has 0 aliphatic carbocycles. The number of halogens is 1. The van der Waals surface area contributed by atoms with Gasteiger partial charge in [0.2, 0.25) is 0 Å². The van der Waals surface area contributed by atoms with Crippen LogP contribution in [0.4, 0.5) is 5.69 Å². The first kappa shape index (κ1) is 22.0. The minimum absolute atomic E-state index is 0. The molecule has 0 aliphatic rings. The van der Waals surface area contributed by atoms with Crippen LogP contribution in [-0.4, -0.2) is 34.5 Å². The molecule has 0 aliphatic heterocycles. The van der Waals surface area contributed by atoms with Crippen molar-refractivity contribution < 1.29 is 13.2 Å². The summed E-state index contributed by atoms with van der Waals surface area (Å²) in [7, 11) is -2.26. The summed E-state index contributed by atoms with van der Waals surface area (Å²) < 4.78 is 26.9. The standard InChI is InChI=1S/C18H23N3O3S.ClH/c1-14-7-9-16(10-8-14)21(2)25(23,24)17-6-3-5-15(13-17)18(22)20-12-4-11-19;/h3,5-10,13H,4,11-12,19H2,1-2H3,(H,20,22);1H. The molecule has 0 fully saturated rings. The highest BCUT2D eigenvalue weighted by Gasteiger charge is 2.22. The maximum atomic E-state index is 12.8. The maximum absolute atomic E-state index is 12.8. The van der Waals surface area contributed by atoms with E-state index in [9.17, 15) is 13.2 Å². The second-order valence-corrected chi connectivity index (χ2v) is 7.70. The number of sulfonamides is 1. The third-order valence-electron chi connectivity index (χ3n) is 3.82. The van der Waals surface area contributed by atoms with Gasteiger partial charge < -0.3 is 11.1 Å². The maximum Gasteiger partial charge on any atom is 0.264 e. The zero-order valence-electron chi connectivity index (χ0n) is 14.8. The second kappa shape index (κ2) is 9.56. The molecular weight excluding hydrogens is 374 g/mol. The molecule has 0 atom stereocenters. The van der Waals surface area contributed by atoms with Gasteiger partial charge in [0.1, 0.15) is 0 Å². The SMILES string of the molecule is Cc1ccc(N(C)S(=O)(=O)c2cccc(C(=O)NCCCN)c2)cc1.Cl. The molecule has 2 aromatic rings. The topological polar surface area (TPSA) is 92.5 Å². The van der Waals surface area contributed by atoms with Crippen molar-refractivity contribution in [3.63, 3.8) is 0 Å². The third-order valence-corrected chi connectivity index (χ3v) is 5.60. The zero-order chi connectivity index (χ0) is 18.4. The summed E-state index contributed by atoms with van der Waals surface area (Å²) in [6.45, 7) is 2.87. The smallest absolute Gasteiger partial charge is 0.264 e. The fraction of sp³-hybridized carbons (Fsp3) is 0.278. The third kappa shape index (κ3) is 5.20. The van der Waals surface area contributed by atoms with Crippen LogP contribution in [0.1, 0.15) is 22.3 Å². The van der Waals surface area contributed by atoms with Gasteiger partial charge in [-0.15, -0.1) is 12.4 Å².